The molecule has 2 atom stereocenters. The van der Waals surface area contributed by atoms with Gasteiger partial charge in [-0.15, -0.1) is 0 Å². The van der Waals surface area contributed by atoms with Gasteiger partial charge in [0.1, 0.15) is 11.5 Å². The summed E-state index contributed by atoms with van der Waals surface area (Å²) in [4.78, 5) is 64.4. The molecule has 0 N–H and O–H groups in total. The molecule has 0 radical (unpaired) electrons. The first-order valence-corrected chi connectivity index (χ1v) is 20.0. The normalized spacial score (nSPS) is 17.6. The Hall–Kier alpha value is -5.97. The molecule has 3 amide bonds. The summed E-state index contributed by atoms with van der Waals surface area (Å²) in [6, 6.07) is 22.7. The van der Waals surface area contributed by atoms with Crippen molar-refractivity contribution in [2.75, 3.05) is 41.6 Å². The van der Waals surface area contributed by atoms with Crippen molar-refractivity contribution in [1.82, 2.24) is 0 Å². The number of carbonyl (C=O) groups is 4. The summed E-state index contributed by atoms with van der Waals surface area (Å²) in [5.41, 5.74) is 6.89. The molecule has 0 fully saturated rings. The van der Waals surface area contributed by atoms with Crippen LogP contribution in [0.4, 0.5) is 22.7 Å². The van der Waals surface area contributed by atoms with Crippen LogP contribution in [0, 0.1) is 12.8 Å². The number of amides is 3. The van der Waals surface area contributed by atoms with E-state index < -0.39 is 0 Å². The number of para-hydroxylation sites is 2. The van der Waals surface area contributed by atoms with Crippen molar-refractivity contribution in [3.05, 3.63) is 101 Å². The number of methoxy groups -OCH3 is 1. The third-order valence-electron chi connectivity index (χ3n) is 11.5. The smallest absolute Gasteiger partial charge is 0.261 e. The van der Waals surface area contributed by atoms with Crippen LogP contribution >= 0.6 is 0 Å². The van der Waals surface area contributed by atoms with E-state index in [9.17, 15) is 19.2 Å². The molecule has 4 aliphatic rings. The van der Waals surface area contributed by atoms with E-state index in [1.54, 1.807) is 21.9 Å². The van der Waals surface area contributed by atoms with Crippen LogP contribution in [0.15, 0.2) is 77.8 Å². The first-order chi connectivity index (χ1) is 27.6. The number of aryl methyl sites for hydroxylation is 1. The lowest BCUT2D eigenvalue weighted by molar-refractivity contribution is -0.125. The molecule has 4 aliphatic heterocycles. The number of rotatable bonds is 13. The minimum absolute atomic E-state index is 0.0273. The summed E-state index contributed by atoms with van der Waals surface area (Å²) in [6.07, 6.45) is 5.78. The number of Topliss-reactive ketones (excluding diaryl/α,β-unsaturated/α-hetero) is 1. The van der Waals surface area contributed by atoms with E-state index in [1.807, 2.05) is 86.5 Å². The lowest BCUT2D eigenvalue weighted by Gasteiger charge is -2.27. The van der Waals surface area contributed by atoms with Gasteiger partial charge in [0.05, 0.1) is 54.9 Å². The number of ketones is 1. The summed E-state index contributed by atoms with van der Waals surface area (Å²) in [5, 5.41) is 0. The van der Waals surface area contributed by atoms with Crippen molar-refractivity contribution in [2.45, 2.75) is 77.8 Å². The van der Waals surface area contributed by atoms with Crippen molar-refractivity contribution in [3.8, 4) is 17.2 Å². The van der Waals surface area contributed by atoms with Gasteiger partial charge in [-0.1, -0.05) is 50.2 Å². The van der Waals surface area contributed by atoms with Crippen LogP contribution in [0.3, 0.4) is 0 Å². The highest BCUT2D eigenvalue weighted by Crippen LogP contribution is 2.43. The second-order valence-electron chi connectivity index (χ2n) is 15.6. The molecule has 0 aromatic heterocycles. The van der Waals surface area contributed by atoms with Crippen molar-refractivity contribution in [2.24, 2.45) is 10.9 Å². The molecule has 11 heteroatoms. The highest BCUT2D eigenvalue weighted by molar-refractivity contribution is 6.16. The van der Waals surface area contributed by atoms with Crippen LogP contribution in [0.2, 0.25) is 0 Å². The zero-order valence-electron chi connectivity index (χ0n) is 33.0. The number of anilines is 3. The zero-order chi connectivity index (χ0) is 39.8. The van der Waals surface area contributed by atoms with Gasteiger partial charge in [0.2, 0.25) is 5.91 Å². The Morgan fingerprint density at radius 2 is 1.42 bits per heavy atom. The minimum atomic E-state index is -0.245. The number of carbonyl (C=O) groups excluding carboxylic acids is 4. The molecule has 0 saturated heterocycles. The summed E-state index contributed by atoms with van der Waals surface area (Å²) in [6.45, 7) is 6.79. The first-order valence-electron chi connectivity index (χ1n) is 20.0. The summed E-state index contributed by atoms with van der Waals surface area (Å²) < 4.78 is 18.2. The number of fused-ring (bicyclic) bond motifs is 8. The molecule has 0 spiro atoms. The van der Waals surface area contributed by atoms with Crippen molar-refractivity contribution in [1.29, 1.82) is 0 Å². The van der Waals surface area contributed by atoms with Crippen LogP contribution < -0.4 is 28.9 Å². The molecular weight excluding hydrogens is 721 g/mol. The van der Waals surface area contributed by atoms with Crippen LogP contribution in [-0.2, 0) is 22.4 Å². The van der Waals surface area contributed by atoms with Crippen LogP contribution in [0.1, 0.15) is 83.4 Å². The monoisotopic (exact) mass is 768 g/mol. The van der Waals surface area contributed by atoms with Crippen molar-refractivity contribution < 1.29 is 33.4 Å². The molecule has 4 heterocycles. The number of unbranched alkanes of at least 4 members (excludes halogenated alkanes) is 2. The standard InChI is InChI=1S/C46H48N4O7/c1-28(2)40(51)16-17-44(52)48-27-33-22-31-13-7-9-15-38(31)50(33)46(54)35-23-42(55-4)43(25-39(35)48)57-19-11-5-10-18-56-41-24-36-34(20-29(41)3)45(53)49-32(26-47-36)21-30-12-6-8-14-37(30)49/h6-9,12-15,20,23-26,28,32-33H,5,10-11,16-19,21-22,27H2,1-4H3/t32-,33-/m0/s1. The van der Waals surface area contributed by atoms with Gasteiger partial charge in [-0.2, -0.15) is 0 Å². The third-order valence-corrected chi connectivity index (χ3v) is 11.5. The SMILES string of the molecule is COc1cc2c(cc1OCCCCCOc1cc3c(cc1C)C(=O)N1c4ccccc4C[C@H]1C=N3)N(C(=O)CCC(=O)C(C)C)C[C@@H]1Cc3ccccc3N1C2=O. The number of benzene rings is 4. The molecule has 4 aromatic rings. The van der Waals surface area contributed by atoms with Crippen LogP contribution in [0.5, 0.6) is 17.2 Å². The second kappa shape index (κ2) is 15.9. The molecule has 0 saturated carbocycles. The predicted octanol–water partition coefficient (Wildman–Crippen LogP) is 7.84. The van der Waals surface area contributed by atoms with Crippen molar-refractivity contribution in [3.63, 3.8) is 0 Å². The zero-order valence-corrected chi connectivity index (χ0v) is 33.0. The summed E-state index contributed by atoms with van der Waals surface area (Å²) in [5.74, 6) is 0.963. The Balaban J connectivity index is 0.913. The molecule has 8 rings (SSSR count). The van der Waals surface area contributed by atoms with Crippen LogP contribution in [0.25, 0.3) is 0 Å². The number of hydrogen-bond acceptors (Lipinski definition) is 8. The van der Waals surface area contributed by atoms with E-state index in [-0.39, 0.29) is 54.3 Å². The Morgan fingerprint density at radius 1 is 0.754 bits per heavy atom. The van der Waals surface area contributed by atoms with Gasteiger partial charge in [0, 0.05) is 61.4 Å². The van der Waals surface area contributed by atoms with Gasteiger partial charge >= 0.3 is 0 Å². The van der Waals surface area contributed by atoms with Gasteiger partial charge in [0.25, 0.3) is 11.8 Å². The molecule has 57 heavy (non-hydrogen) atoms. The Morgan fingerprint density at radius 3 is 2.14 bits per heavy atom. The van der Waals surface area contributed by atoms with Gasteiger partial charge in [-0.05, 0) is 73.6 Å². The maximum Gasteiger partial charge on any atom is 0.261 e. The molecule has 4 aromatic carbocycles. The van der Waals surface area contributed by atoms with Gasteiger partial charge < -0.3 is 24.0 Å². The molecule has 11 nitrogen and oxygen atoms in total. The average molecular weight is 769 g/mol. The molecule has 0 unspecified atom stereocenters. The number of aliphatic imine (C=N–C) groups is 1. The van der Waals surface area contributed by atoms with E-state index in [1.165, 1.54) is 7.11 Å². The van der Waals surface area contributed by atoms with E-state index in [2.05, 4.69) is 6.07 Å². The molecule has 0 bridgehead atoms. The second-order valence-corrected chi connectivity index (χ2v) is 15.6. The lowest BCUT2D eigenvalue weighted by atomic mass is 10.0. The summed E-state index contributed by atoms with van der Waals surface area (Å²) >= 11 is 0. The Bertz CT molecular complexity index is 2280. The van der Waals surface area contributed by atoms with E-state index in [0.717, 1.165) is 53.7 Å². The van der Waals surface area contributed by atoms with Gasteiger partial charge in [-0.3, -0.25) is 29.1 Å². The number of ether oxygens (including phenoxy) is 3. The molecule has 294 valence electrons. The lowest BCUT2D eigenvalue weighted by Crippen LogP contribution is -2.44. The molecular formula is C46H48N4O7. The topological polar surface area (TPSA) is 118 Å². The fourth-order valence-electron chi connectivity index (χ4n) is 8.37. The summed E-state index contributed by atoms with van der Waals surface area (Å²) in [7, 11) is 1.54. The Kier molecular flexibility index (Phi) is 10.6. The van der Waals surface area contributed by atoms with E-state index in [4.69, 9.17) is 19.2 Å². The quantitative estimate of drug-likeness (QED) is 0.127. The predicted molar refractivity (Wildman–Crippen MR) is 220 cm³/mol. The fraction of sp³-hybridized carbons (Fsp3) is 0.370. The van der Waals surface area contributed by atoms with Crippen molar-refractivity contribution >= 4 is 52.5 Å². The Labute approximate surface area is 333 Å². The average Bonchev–Trinajstić information content (AvgIpc) is 3.71. The largest absolute Gasteiger partial charge is 0.493 e. The fourth-order valence-corrected chi connectivity index (χ4v) is 8.37. The molecule has 0 aliphatic carbocycles. The maximum absolute atomic E-state index is 14.3. The third kappa shape index (κ3) is 7.27. The number of hydrogen-bond donors (Lipinski definition) is 0. The number of nitrogens with zero attached hydrogens (tertiary/aromatic N) is 4. The van der Waals surface area contributed by atoms with Gasteiger partial charge in [0.15, 0.2) is 11.5 Å². The van der Waals surface area contributed by atoms with Crippen LogP contribution in [-0.4, -0.2) is 68.7 Å². The van der Waals surface area contributed by atoms with Gasteiger partial charge in [-0.25, -0.2) is 0 Å². The minimum Gasteiger partial charge on any atom is -0.493 e. The van der Waals surface area contributed by atoms with E-state index >= 15 is 0 Å². The van der Waals surface area contributed by atoms with E-state index in [0.29, 0.717) is 65.9 Å². The highest BCUT2D eigenvalue weighted by atomic mass is 16.5. The highest BCUT2D eigenvalue weighted by Gasteiger charge is 2.42. The first kappa shape index (κ1) is 37.9. The maximum atomic E-state index is 14.3.